The first-order valence-corrected chi connectivity index (χ1v) is 12.6. The number of nitrogens with zero attached hydrogens (tertiary/aromatic N) is 3. The molecule has 2 N–H and O–H groups in total. The fraction of sp³-hybridized carbons (Fsp3) is 0.654. The zero-order valence-electron chi connectivity index (χ0n) is 19.8. The quantitative estimate of drug-likeness (QED) is 0.598. The highest BCUT2D eigenvalue weighted by Gasteiger charge is 2.23. The number of nitrogens with one attached hydrogen (secondary N) is 2. The third-order valence-electron chi connectivity index (χ3n) is 7.28. The Hall–Kier alpha value is -2.37. The maximum Gasteiger partial charge on any atom is 0.225 e. The first-order chi connectivity index (χ1) is 15.6. The molecule has 4 rings (SSSR count). The van der Waals surface area contributed by atoms with E-state index >= 15 is 0 Å². The average molecular weight is 438 g/mol. The molecule has 6 heteroatoms. The first-order valence-electron chi connectivity index (χ1n) is 12.6. The number of benzene rings is 1. The monoisotopic (exact) mass is 437 g/mol. The summed E-state index contributed by atoms with van der Waals surface area (Å²) in [5.41, 5.74) is 0.971. The molecule has 32 heavy (non-hydrogen) atoms. The molecule has 0 spiro atoms. The molecule has 1 aromatic carbocycles. The van der Waals surface area contributed by atoms with Crippen LogP contribution in [-0.4, -0.2) is 42.6 Å². The maximum absolute atomic E-state index is 12.3. The van der Waals surface area contributed by atoms with Gasteiger partial charge in [-0.05, 0) is 56.1 Å². The third kappa shape index (κ3) is 6.11. The largest absolute Gasteiger partial charge is 0.362 e. The van der Waals surface area contributed by atoms with Gasteiger partial charge in [-0.15, -0.1) is 0 Å². The zero-order chi connectivity index (χ0) is 22.3. The summed E-state index contributed by atoms with van der Waals surface area (Å²) in [6.07, 6.45) is 13.0. The lowest BCUT2D eigenvalue weighted by Crippen LogP contribution is -2.34. The van der Waals surface area contributed by atoms with Crippen molar-refractivity contribution in [1.29, 1.82) is 0 Å². The van der Waals surface area contributed by atoms with Crippen LogP contribution < -0.4 is 15.5 Å². The second kappa shape index (κ2) is 11.0. The standard InChI is InChI=1S/C26H39N5O/c1-31(2)25-22-10-6-7-11-23(22)29-26(30-25)28-21-15-12-20(13-16-21)18-27-24(32)17-14-19-8-4-3-5-9-19/h6-7,10-11,19-21H,3-5,8-9,12-18H2,1-2H3,(H,27,32)(H,28,29,30). The molecule has 0 atom stereocenters. The van der Waals surface area contributed by atoms with Gasteiger partial charge in [0.05, 0.1) is 5.52 Å². The van der Waals surface area contributed by atoms with Crippen molar-refractivity contribution < 1.29 is 4.79 Å². The van der Waals surface area contributed by atoms with Gasteiger partial charge in [-0.2, -0.15) is 4.98 Å². The van der Waals surface area contributed by atoms with E-state index in [1.165, 1.54) is 32.1 Å². The van der Waals surface area contributed by atoms with E-state index in [-0.39, 0.29) is 5.91 Å². The van der Waals surface area contributed by atoms with Gasteiger partial charge >= 0.3 is 0 Å². The number of hydrogen-bond donors (Lipinski definition) is 2. The summed E-state index contributed by atoms with van der Waals surface area (Å²) in [5, 5.41) is 7.86. The molecule has 0 aliphatic heterocycles. The summed E-state index contributed by atoms with van der Waals surface area (Å²) in [4.78, 5) is 23.9. The van der Waals surface area contributed by atoms with Crippen LogP contribution in [0.1, 0.15) is 70.6 Å². The number of aromatic nitrogens is 2. The Bertz CT molecular complexity index is 885. The van der Waals surface area contributed by atoms with Gasteiger partial charge in [0.25, 0.3) is 0 Å². The lowest BCUT2D eigenvalue weighted by atomic mass is 9.85. The van der Waals surface area contributed by atoms with Crippen molar-refractivity contribution in [2.24, 2.45) is 11.8 Å². The normalized spacial score (nSPS) is 21.9. The van der Waals surface area contributed by atoms with Crippen molar-refractivity contribution in [3.8, 4) is 0 Å². The van der Waals surface area contributed by atoms with E-state index in [0.29, 0.717) is 24.3 Å². The van der Waals surface area contributed by atoms with Crippen molar-refractivity contribution in [2.45, 2.75) is 76.7 Å². The van der Waals surface area contributed by atoms with Crippen LogP contribution in [0, 0.1) is 11.8 Å². The zero-order valence-corrected chi connectivity index (χ0v) is 19.8. The number of amides is 1. The molecule has 0 bridgehead atoms. The number of carbonyl (C=O) groups excluding carboxylic acids is 1. The van der Waals surface area contributed by atoms with E-state index < -0.39 is 0 Å². The molecule has 0 saturated heterocycles. The first kappa shape index (κ1) is 22.8. The number of hydrogen-bond acceptors (Lipinski definition) is 5. The van der Waals surface area contributed by atoms with Crippen molar-refractivity contribution in [2.75, 3.05) is 30.9 Å². The number of para-hydroxylation sites is 1. The highest BCUT2D eigenvalue weighted by atomic mass is 16.1. The molecule has 2 aromatic rings. The maximum atomic E-state index is 12.3. The van der Waals surface area contributed by atoms with Gasteiger partial charge in [-0.1, -0.05) is 44.2 Å². The fourth-order valence-corrected chi connectivity index (χ4v) is 5.32. The minimum absolute atomic E-state index is 0.247. The minimum atomic E-state index is 0.247. The SMILES string of the molecule is CN(C)c1nc(NC2CCC(CNC(=O)CCC3CCCCC3)CC2)nc2ccccc12. The second-order valence-corrected chi connectivity index (χ2v) is 9.99. The highest BCUT2D eigenvalue weighted by Crippen LogP contribution is 2.29. The van der Waals surface area contributed by atoms with Gasteiger partial charge in [0.2, 0.25) is 11.9 Å². The van der Waals surface area contributed by atoms with Crippen LogP contribution in [0.15, 0.2) is 24.3 Å². The number of rotatable bonds is 8. The van der Waals surface area contributed by atoms with E-state index in [9.17, 15) is 4.79 Å². The Morgan fingerprint density at radius 1 is 0.969 bits per heavy atom. The van der Waals surface area contributed by atoms with Crippen molar-refractivity contribution in [1.82, 2.24) is 15.3 Å². The van der Waals surface area contributed by atoms with Crippen LogP contribution in [0.3, 0.4) is 0 Å². The van der Waals surface area contributed by atoms with E-state index in [1.54, 1.807) is 0 Å². The van der Waals surface area contributed by atoms with E-state index in [1.807, 2.05) is 37.2 Å². The molecule has 6 nitrogen and oxygen atoms in total. The summed E-state index contributed by atoms with van der Waals surface area (Å²) in [5.74, 6) is 3.27. The molecule has 2 fully saturated rings. The summed E-state index contributed by atoms with van der Waals surface area (Å²) < 4.78 is 0. The minimum Gasteiger partial charge on any atom is -0.362 e. The van der Waals surface area contributed by atoms with Crippen LogP contribution in [0.4, 0.5) is 11.8 Å². The van der Waals surface area contributed by atoms with Crippen LogP contribution in [0.25, 0.3) is 10.9 Å². The molecule has 2 saturated carbocycles. The summed E-state index contributed by atoms with van der Waals surface area (Å²) in [6.45, 7) is 0.827. The number of fused-ring (bicyclic) bond motifs is 1. The Labute approximate surface area is 192 Å². The number of carbonyl (C=O) groups is 1. The van der Waals surface area contributed by atoms with Crippen molar-refractivity contribution in [3.05, 3.63) is 24.3 Å². The molecular formula is C26H39N5O. The highest BCUT2D eigenvalue weighted by molar-refractivity contribution is 5.90. The van der Waals surface area contributed by atoms with Crippen LogP contribution in [0.5, 0.6) is 0 Å². The van der Waals surface area contributed by atoms with Crippen molar-refractivity contribution in [3.63, 3.8) is 0 Å². The predicted molar refractivity (Wildman–Crippen MR) is 132 cm³/mol. The predicted octanol–water partition coefficient (Wildman–Crippen LogP) is 5.14. The molecule has 0 unspecified atom stereocenters. The summed E-state index contributed by atoms with van der Waals surface area (Å²) in [6, 6.07) is 8.56. The van der Waals surface area contributed by atoms with E-state index in [0.717, 1.165) is 61.3 Å². The van der Waals surface area contributed by atoms with Gasteiger partial charge in [0, 0.05) is 38.5 Å². The van der Waals surface area contributed by atoms with Gasteiger partial charge < -0.3 is 15.5 Å². The molecule has 1 heterocycles. The van der Waals surface area contributed by atoms with Crippen LogP contribution in [0.2, 0.25) is 0 Å². The van der Waals surface area contributed by atoms with Gasteiger partial charge in [-0.25, -0.2) is 4.98 Å². The Balaban J connectivity index is 1.21. The smallest absolute Gasteiger partial charge is 0.225 e. The molecule has 0 radical (unpaired) electrons. The molecular weight excluding hydrogens is 398 g/mol. The lowest BCUT2D eigenvalue weighted by molar-refractivity contribution is -0.121. The molecule has 174 valence electrons. The number of anilines is 2. The van der Waals surface area contributed by atoms with E-state index in [2.05, 4.69) is 16.7 Å². The topological polar surface area (TPSA) is 70.2 Å². The van der Waals surface area contributed by atoms with E-state index in [4.69, 9.17) is 9.97 Å². The molecule has 2 aliphatic carbocycles. The third-order valence-corrected chi connectivity index (χ3v) is 7.28. The van der Waals surface area contributed by atoms with Gasteiger partial charge in [0.15, 0.2) is 0 Å². The van der Waals surface area contributed by atoms with Crippen LogP contribution >= 0.6 is 0 Å². The molecule has 1 amide bonds. The molecule has 1 aromatic heterocycles. The summed E-state index contributed by atoms with van der Waals surface area (Å²) in [7, 11) is 4.04. The fourth-order valence-electron chi connectivity index (χ4n) is 5.32. The Morgan fingerprint density at radius 3 is 2.47 bits per heavy atom. The van der Waals surface area contributed by atoms with Gasteiger partial charge in [-0.3, -0.25) is 4.79 Å². The summed E-state index contributed by atoms with van der Waals surface area (Å²) >= 11 is 0. The lowest BCUT2D eigenvalue weighted by Gasteiger charge is -2.29. The average Bonchev–Trinajstić information content (AvgIpc) is 2.82. The Kier molecular flexibility index (Phi) is 7.82. The van der Waals surface area contributed by atoms with Crippen LogP contribution in [-0.2, 0) is 4.79 Å². The Morgan fingerprint density at radius 2 is 1.72 bits per heavy atom. The van der Waals surface area contributed by atoms with Gasteiger partial charge in [0.1, 0.15) is 5.82 Å². The van der Waals surface area contributed by atoms with Crippen molar-refractivity contribution >= 4 is 28.6 Å². The molecule has 2 aliphatic rings. The second-order valence-electron chi connectivity index (χ2n) is 9.99.